The van der Waals surface area contributed by atoms with Gasteiger partial charge in [0.15, 0.2) is 5.65 Å². The molecule has 2 saturated heterocycles. The highest BCUT2D eigenvalue weighted by atomic mass is 35.5. The van der Waals surface area contributed by atoms with Crippen LogP contribution in [0.3, 0.4) is 0 Å². The summed E-state index contributed by atoms with van der Waals surface area (Å²) < 4.78 is 1.67. The highest BCUT2D eigenvalue weighted by Gasteiger charge is 2.34. The van der Waals surface area contributed by atoms with Crippen molar-refractivity contribution in [3.8, 4) is 0 Å². The maximum Gasteiger partial charge on any atom is 0.264 e. The second-order valence-corrected chi connectivity index (χ2v) is 10.0. The molecule has 2 aromatic heterocycles. The molecular formula is C27H33ClN6O. The van der Waals surface area contributed by atoms with Crippen molar-refractivity contribution >= 4 is 34.3 Å². The second kappa shape index (κ2) is 9.99. The largest absolute Gasteiger partial charge is 0.371 e. The van der Waals surface area contributed by atoms with Crippen molar-refractivity contribution in [2.45, 2.75) is 38.3 Å². The number of piperidine rings is 1. The van der Waals surface area contributed by atoms with Crippen LogP contribution >= 0.6 is 11.6 Å². The molecule has 35 heavy (non-hydrogen) atoms. The number of nitrogens with zero attached hydrogens (tertiary/aromatic N) is 6. The third-order valence-electron chi connectivity index (χ3n) is 7.60. The van der Waals surface area contributed by atoms with E-state index < -0.39 is 0 Å². The van der Waals surface area contributed by atoms with Gasteiger partial charge in [-0.3, -0.25) is 14.3 Å². The Bertz CT molecular complexity index is 1260. The molecule has 5 rings (SSSR count). The number of piperazine rings is 1. The number of likely N-dealkylation sites (tertiary alicyclic amines) is 1. The monoisotopic (exact) mass is 492 g/mol. The van der Waals surface area contributed by atoms with Crippen LogP contribution in [0.5, 0.6) is 0 Å². The molecule has 1 aromatic carbocycles. The van der Waals surface area contributed by atoms with E-state index in [0.717, 1.165) is 68.3 Å². The van der Waals surface area contributed by atoms with Crippen LogP contribution < -0.4 is 10.5 Å². The molecule has 0 N–H and O–H groups in total. The molecule has 2 fully saturated rings. The molecule has 0 aliphatic carbocycles. The molecule has 0 bridgehead atoms. The molecule has 0 saturated carbocycles. The summed E-state index contributed by atoms with van der Waals surface area (Å²) in [5, 5.41) is 1.32. The van der Waals surface area contributed by atoms with E-state index >= 15 is 0 Å². The summed E-state index contributed by atoms with van der Waals surface area (Å²) in [6, 6.07) is 12.5. The van der Waals surface area contributed by atoms with Gasteiger partial charge in [0.1, 0.15) is 0 Å². The third-order valence-corrected chi connectivity index (χ3v) is 7.85. The average Bonchev–Trinajstić information content (AvgIpc) is 2.90. The van der Waals surface area contributed by atoms with Gasteiger partial charge in [0, 0.05) is 68.8 Å². The SMILES string of the molecule is C=C(c1ccc(Cl)cc1)N1CCC(N2CCN(c3nc4ncccc4c(=O)n3C)C[C@@H]2CC)CC1. The zero-order valence-corrected chi connectivity index (χ0v) is 21.3. The van der Waals surface area contributed by atoms with Crippen LogP contribution in [0.4, 0.5) is 5.95 Å². The molecule has 184 valence electrons. The Kier molecular flexibility index (Phi) is 6.80. The number of hydrogen-bond donors (Lipinski definition) is 0. The summed E-state index contributed by atoms with van der Waals surface area (Å²) in [6.45, 7) is 11.3. The first-order valence-corrected chi connectivity index (χ1v) is 12.9. The zero-order chi connectivity index (χ0) is 24.5. The van der Waals surface area contributed by atoms with Crippen LogP contribution in [0, 0.1) is 0 Å². The average molecular weight is 493 g/mol. The molecule has 7 nitrogen and oxygen atoms in total. The van der Waals surface area contributed by atoms with Gasteiger partial charge in [-0.25, -0.2) is 4.98 Å². The van der Waals surface area contributed by atoms with Gasteiger partial charge in [-0.05, 0) is 49.1 Å². The zero-order valence-electron chi connectivity index (χ0n) is 20.5. The molecule has 0 radical (unpaired) electrons. The highest BCUT2D eigenvalue weighted by Crippen LogP contribution is 2.29. The number of anilines is 1. The molecule has 1 atom stereocenters. The van der Waals surface area contributed by atoms with Crippen molar-refractivity contribution < 1.29 is 0 Å². The number of aromatic nitrogens is 3. The van der Waals surface area contributed by atoms with Crippen LogP contribution in [0.2, 0.25) is 5.02 Å². The molecule has 4 heterocycles. The summed E-state index contributed by atoms with van der Waals surface area (Å²) in [7, 11) is 1.81. The van der Waals surface area contributed by atoms with Crippen LogP contribution in [0.1, 0.15) is 31.7 Å². The Balaban J connectivity index is 1.26. The van der Waals surface area contributed by atoms with Gasteiger partial charge < -0.3 is 9.80 Å². The number of rotatable bonds is 5. The molecule has 2 aliphatic heterocycles. The van der Waals surface area contributed by atoms with E-state index in [-0.39, 0.29) is 5.56 Å². The van der Waals surface area contributed by atoms with Crippen LogP contribution in [0.15, 0.2) is 54.0 Å². The Morgan fingerprint density at radius 2 is 1.86 bits per heavy atom. The molecule has 8 heteroatoms. The Labute approximate surface area is 211 Å². The maximum absolute atomic E-state index is 12.9. The second-order valence-electron chi connectivity index (χ2n) is 9.57. The number of pyridine rings is 1. The summed E-state index contributed by atoms with van der Waals surface area (Å²) in [6.07, 6.45) is 5.01. The first kappa shape index (κ1) is 23.8. The molecular weight excluding hydrogens is 460 g/mol. The fourth-order valence-electron chi connectivity index (χ4n) is 5.56. The number of benzene rings is 1. The standard InChI is InChI=1S/C27H33ClN6O/c1-4-22-18-33(27-30-25-24(6-5-13-29-25)26(35)31(27)3)16-17-34(22)23-11-14-32(15-12-23)19(2)20-7-9-21(28)10-8-20/h5-10,13,22-23H,2,4,11-12,14-18H2,1,3H3/t22-/m0/s1. The fourth-order valence-corrected chi connectivity index (χ4v) is 5.69. The van der Waals surface area contributed by atoms with Crippen molar-refractivity contribution in [2.24, 2.45) is 7.05 Å². The van der Waals surface area contributed by atoms with Gasteiger partial charge in [0.25, 0.3) is 5.56 Å². The van der Waals surface area contributed by atoms with E-state index in [1.165, 1.54) is 0 Å². The highest BCUT2D eigenvalue weighted by molar-refractivity contribution is 6.30. The summed E-state index contributed by atoms with van der Waals surface area (Å²) in [5.74, 6) is 0.716. The lowest BCUT2D eigenvalue weighted by Crippen LogP contribution is -2.58. The predicted octanol–water partition coefficient (Wildman–Crippen LogP) is 4.02. The Hall–Kier alpha value is -2.90. The van der Waals surface area contributed by atoms with E-state index in [0.29, 0.717) is 29.1 Å². The van der Waals surface area contributed by atoms with Crippen LogP contribution in [-0.2, 0) is 7.05 Å². The van der Waals surface area contributed by atoms with Gasteiger partial charge in [0.2, 0.25) is 5.95 Å². The maximum atomic E-state index is 12.9. The van der Waals surface area contributed by atoms with Crippen molar-refractivity contribution in [2.75, 3.05) is 37.6 Å². The lowest BCUT2D eigenvalue weighted by Gasteiger charge is -2.48. The smallest absolute Gasteiger partial charge is 0.264 e. The summed E-state index contributed by atoms with van der Waals surface area (Å²) in [5.41, 5.74) is 2.70. The van der Waals surface area contributed by atoms with E-state index in [4.69, 9.17) is 16.6 Å². The number of hydrogen-bond acceptors (Lipinski definition) is 6. The van der Waals surface area contributed by atoms with Gasteiger partial charge in [0.05, 0.1) is 5.39 Å². The minimum Gasteiger partial charge on any atom is -0.371 e. The van der Waals surface area contributed by atoms with Gasteiger partial charge in [-0.1, -0.05) is 37.2 Å². The lowest BCUT2D eigenvalue weighted by molar-refractivity contribution is 0.0763. The minimum atomic E-state index is -0.0399. The number of fused-ring (bicyclic) bond motifs is 1. The third kappa shape index (κ3) is 4.67. The predicted molar refractivity (Wildman–Crippen MR) is 143 cm³/mol. The van der Waals surface area contributed by atoms with Crippen molar-refractivity contribution in [3.63, 3.8) is 0 Å². The quantitative estimate of drug-likeness (QED) is 0.536. The molecule has 3 aromatic rings. The number of halogens is 1. The molecule has 0 amide bonds. The first-order chi connectivity index (χ1) is 17.0. The fraction of sp³-hybridized carbons (Fsp3) is 0.444. The summed E-state index contributed by atoms with van der Waals surface area (Å²) in [4.78, 5) is 29.3. The molecule has 0 unspecified atom stereocenters. The van der Waals surface area contributed by atoms with E-state index in [9.17, 15) is 4.79 Å². The van der Waals surface area contributed by atoms with Crippen LogP contribution in [-0.4, -0.2) is 69.1 Å². The normalized spacial score (nSPS) is 19.9. The minimum absolute atomic E-state index is 0.0399. The van der Waals surface area contributed by atoms with Crippen molar-refractivity contribution in [1.29, 1.82) is 0 Å². The summed E-state index contributed by atoms with van der Waals surface area (Å²) >= 11 is 6.05. The van der Waals surface area contributed by atoms with E-state index in [2.05, 4.69) is 33.2 Å². The first-order valence-electron chi connectivity index (χ1n) is 12.5. The molecule has 0 spiro atoms. The van der Waals surface area contributed by atoms with E-state index in [1.807, 2.05) is 31.3 Å². The van der Waals surface area contributed by atoms with Crippen LogP contribution in [0.25, 0.3) is 16.7 Å². The molecule has 2 aliphatic rings. The van der Waals surface area contributed by atoms with Gasteiger partial charge in [-0.15, -0.1) is 0 Å². The Morgan fingerprint density at radius 1 is 1.11 bits per heavy atom. The van der Waals surface area contributed by atoms with Crippen molar-refractivity contribution in [1.82, 2.24) is 24.3 Å². The van der Waals surface area contributed by atoms with Gasteiger partial charge >= 0.3 is 0 Å². The lowest BCUT2D eigenvalue weighted by atomic mass is 9.97. The topological polar surface area (TPSA) is 57.5 Å². The van der Waals surface area contributed by atoms with E-state index in [1.54, 1.807) is 22.9 Å². The van der Waals surface area contributed by atoms with Gasteiger partial charge in [-0.2, -0.15) is 4.98 Å². The Morgan fingerprint density at radius 3 is 2.57 bits per heavy atom. The van der Waals surface area contributed by atoms with Crippen molar-refractivity contribution in [3.05, 3.63) is 70.1 Å².